The van der Waals surface area contributed by atoms with Gasteiger partial charge in [0.05, 0.1) is 18.7 Å². The fourth-order valence-electron chi connectivity index (χ4n) is 4.02. The van der Waals surface area contributed by atoms with Gasteiger partial charge in [0.15, 0.2) is 16.7 Å². The Hall–Kier alpha value is -3.07. The highest BCUT2D eigenvalue weighted by Crippen LogP contribution is 2.36. The summed E-state index contributed by atoms with van der Waals surface area (Å²) >= 11 is -1.92. The van der Waals surface area contributed by atoms with Crippen LogP contribution in [-0.4, -0.2) is 53.3 Å². The predicted molar refractivity (Wildman–Crippen MR) is 112 cm³/mol. The van der Waals surface area contributed by atoms with Crippen LogP contribution in [-0.2, 0) is 21.4 Å². The number of likely N-dealkylation sites (tertiary alicyclic amines) is 1. The number of benzene rings is 1. The maximum atomic E-state index is 12.0. The number of nitrogens with one attached hydrogen (secondary N) is 1. The Kier molecular flexibility index (Phi) is 4.85. The zero-order valence-corrected chi connectivity index (χ0v) is 17.3. The topological polar surface area (TPSA) is 137 Å². The highest BCUT2D eigenvalue weighted by Gasteiger charge is 2.45. The Labute approximate surface area is 180 Å². The van der Waals surface area contributed by atoms with E-state index in [1.807, 2.05) is 29.3 Å². The number of rotatable bonds is 7. The number of amides is 1. The Morgan fingerprint density at radius 3 is 2.94 bits per heavy atom. The van der Waals surface area contributed by atoms with Crippen LogP contribution in [0, 0.1) is 17.2 Å². The molecule has 2 aliphatic rings. The molecule has 31 heavy (non-hydrogen) atoms. The van der Waals surface area contributed by atoms with E-state index in [2.05, 4.69) is 21.5 Å². The molecule has 1 amide bonds. The molecule has 5 rings (SSSR count). The van der Waals surface area contributed by atoms with Gasteiger partial charge in [0, 0.05) is 36.3 Å². The molecule has 2 aromatic heterocycles. The summed E-state index contributed by atoms with van der Waals surface area (Å²) in [7, 11) is 0. The molecular weight excluding hydrogens is 420 g/mol. The van der Waals surface area contributed by atoms with Gasteiger partial charge in [-0.05, 0) is 18.9 Å². The molecule has 2 N–H and O–H groups in total. The van der Waals surface area contributed by atoms with Gasteiger partial charge in [0.2, 0.25) is 5.91 Å². The van der Waals surface area contributed by atoms with Crippen molar-refractivity contribution in [3.63, 3.8) is 0 Å². The van der Waals surface area contributed by atoms with Crippen molar-refractivity contribution in [2.75, 3.05) is 24.3 Å². The molecule has 1 unspecified atom stereocenters. The second-order valence-corrected chi connectivity index (χ2v) is 9.01. The van der Waals surface area contributed by atoms with E-state index in [1.165, 1.54) is 0 Å². The van der Waals surface area contributed by atoms with E-state index in [0.717, 1.165) is 24.0 Å². The normalized spacial score (nSPS) is 19.0. The molecule has 3 heterocycles. The van der Waals surface area contributed by atoms with Crippen LogP contribution < -0.4 is 5.32 Å². The molecular formula is C20H20N6O4S. The standard InChI is InChI=1S/C20H20N6O4S/c21-7-6-20(10-25(11-20)12-31(28)29)26-9-14(8-22-26)15-2-1-3-16-17(15)30-19(23-16)24-18(27)13-4-5-13/h1-3,8-9,13H,4-6,10-12H2,(H,28,29)(H,23,24,27). The first-order valence-electron chi connectivity index (χ1n) is 9.90. The zero-order chi connectivity index (χ0) is 21.6. The monoisotopic (exact) mass is 440 g/mol. The van der Waals surface area contributed by atoms with Gasteiger partial charge in [-0.15, -0.1) is 0 Å². The number of nitriles is 1. The van der Waals surface area contributed by atoms with Crippen LogP contribution >= 0.6 is 0 Å². The van der Waals surface area contributed by atoms with Crippen molar-refractivity contribution in [2.45, 2.75) is 24.8 Å². The molecule has 1 aliphatic heterocycles. The highest BCUT2D eigenvalue weighted by molar-refractivity contribution is 7.79. The number of nitrogens with zero attached hydrogens (tertiary/aromatic N) is 5. The summed E-state index contributed by atoms with van der Waals surface area (Å²) in [6.07, 6.45) is 5.59. The molecule has 11 heteroatoms. The van der Waals surface area contributed by atoms with Gasteiger partial charge in [0.1, 0.15) is 16.9 Å². The predicted octanol–water partition coefficient (Wildman–Crippen LogP) is 2.14. The number of hydrogen-bond donors (Lipinski definition) is 2. The molecule has 160 valence electrons. The number of oxazole rings is 1. The quantitative estimate of drug-likeness (QED) is 0.533. The summed E-state index contributed by atoms with van der Waals surface area (Å²) in [5.74, 6) is 0.0284. The van der Waals surface area contributed by atoms with E-state index < -0.39 is 16.6 Å². The summed E-state index contributed by atoms with van der Waals surface area (Å²) in [6.45, 7) is 0.940. The van der Waals surface area contributed by atoms with Gasteiger partial charge < -0.3 is 8.97 Å². The highest BCUT2D eigenvalue weighted by atomic mass is 32.2. The van der Waals surface area contributed by atoms with Crippen molar-refractivity contribution in [3.05, 3.63) is 30.6 Å². The Bertz CT molecular complexity index is 1220. The zero-order valence-electron chi connectivity index (χ0n) is 16.5. The molecule has 2 fully saturated rings. The first-order chi connectivity index (χ1) is 15.0. The van der Waals surface area contributed by atoms with Gasteiger partial charge in [0.25, 0.3) is 0 Å². The largest absolute Gasteiger partial charge is 0.423 e. The van der Waals surface area contributed by atoms with Gasteiger partial charge in [-0.25, -0.2) is 4.21 Å². The summed E-state index contributed by atoms with van der Waals surface area (Å²) in [5, 5.41) is 16.5. The smallest absolute Gasteiger partial charge is 0.302 e. The first kappa shape index (κ1) is 19.9. The minimum atomic E-state index is -1.92. The summed E-state index contributed by atoms with van der Waals surface area (Å²) in [4.78, 5) is 18.2. The number of carbonyl (C=O) groups excluding carboxylic acids is 1. The number of fused-ring (bicyclic) bond motifs is 1. The maximum absolute atomic E-state index is 12.0. The van der Waals surface area contributed by atoms with Gasteiger partial charge in [-0.3, -0.25) is 19.7 Å². The number of aromatic nitrogens is 3. The lowest BCUT2D eigenvalue weighted by Gasteiger charge is -2.48. The van der Waals surface area contributed by atoms with Crippen LogP contribution in [0.15, 0.2) is 35.0 Å². The van der Waals surface area contributed by atoms with Crippen molar-refractivity contribution >= 4 is 34.1 Å². The third-order valence-electron chi connectivity index (χ3n) is 5.71. The SMILES string of the molecule is N#CCC1(n2cc(-c3cccc4nc(NC(=O)C5CC5)oc34)cn2)CN(CS(=O)O)C1. The minimum absolute atomic E-state index is 0.0496. The van der Waals surface area contributed by atoms with Gasteiger partial charge in [-0.1, -0.05) is 12.1 Å². The molecule has 0 bridgehead atoms. The third-order valence-corrected chi connectivity index (χ3v) is 6.30. The van der Waals surface area contributed by atoms with E-state index in [-0.39, 0.29) is 30.1 Å². The molecule has 1 aromatic carbocycles. The van der Waals surface area contributed by atoms with Crippen LogP contribution in [0.2, 0.25) is 0 Å². The van der Waals surface area contributed by atoms with Crippen molar-refractivity contribution in [1.29, 1.82) is 5.26 Å². The lowest BCUT2D eigenvalue weighted by molar-refractivity contribution is -0.117. The van der Waals surface area contributed by atoms with E-state index in [9.17, 15) is 14.3 Å². The van der Waals surface area contributed by atoms with Crippen LogP contribution in [0.3, 0.4) is 0 Å². The minimum Gasteiger partial charge on any atom is -0.423 e. The summed E-state index contributed by atoms with van der Waals surface area (Å²) < 4.78 is 27.8. The molecule has 1 atom stereocenters. The number of anilines is 1. The molecule has 3 aromatic rings. The number of carbonyl (C=O) groups is 1. The molecule has 1 aliphatic carbocycles. The Balaban J connectivity index is 1.42. The Morgan fingerprint density at radius 1 is 1.42 bits per heavy atom. The number of hydrogen-bond acceptors (Lipinski definition) is 7. The lowest BCUT2D eigenvalue weighted by atomic mass is 9.87. The molecule has 1 saturated carbocycles. The second-order valence-electron chi connectivity index (χ2n) is 8.11. The van der Waals surface area contributed by atoms with E-state index in [1.54, 1.807) is 10.9 Å². The maximum Gasteiger partial charge on any atom is 0.302 e. The summed E-state index contributed by atoms with van der Waals surface area (Å²) in [6, 6.07) is 7.94. The molecule has 0 spiro atoms. The Morgan fingerprint density at radius 2 is 2.23 bits per heavy atom. The lowest BCUT2D eigenvalue weighted by Crippen LogP contribution is -2.63. The fraction of sp³-hybridized carbons (Fsp3) is 0.400. The van der Waals surface area contributed by atoms with Crippen molar-refractivity contribution in [1.82, 2.24) is 19.7 Å². The van der Waals surface area contributed by atoms with Crippen molar-refractivity contribution < 1.29 is 18.0 Å². The average molecular weight is 440 g/mol. The number of para-hydroxylation sites is 1. The van der Waals surface area contributed by atoms with Crippen LogP contribution in [0.1, 0.15) is 19.3 Å². The van der Waals surface area contributed by atoms with Crippen molar-refractivity contribution in [2.24, 2.45) is 5.92 Å². The molecule has 10 nitrogen and oxygen atoms in total. The molecule has 1 saturated heterocycles. The van der Waals surface area contributed by atoms with Gasteiger partial charge in [-0.2, -0.15) is 15.3 Å². The summed E-state index contributed by atoms with van der Waals surface area (Å²) in [5.41, 5.74) is 2.22. The van der Waals surface area contributed by atoms with E-state index in [0.29, 0.717) is 24.2 Å². The average Bonchev–Trinajstić information content (AvgIpc) is 3.29. The van der Waals surface area contributed by atoms with Crippen LogP contribution in [0.25, 0.3) is 22.2 Å². The van der Waals surface area contributed by atoms with E-state index in [4.69, 9.17) is 8.97 Å². The second kappa shape index (κ2) is 7.56. The fourth-order valence-corrected chi connectivity index (χ4v) is 4.52. The van der Waals surface area contributed by atoms with Crippen LogP contribution in [0.5, 0.6) is 0 Å². The third kappa shape index (κ3) is 3.74. The molecule has 0 radical (unpaired) electrons. The van der Waals surface area contributed by atoms with Gasteiger partial charge >= 0.3 is 6.01 Å². The first-order valence-corrected chi connectivity index (χ1v) is 11.2. The van der Waals surface area contributed by atoms with Crippen LogP contribution in [0.4, 0.5) is 6.01 Å². The van der Waals surface area contributed by atoms with E-state index >= 15 is 0 Å². The van der Waals surface area contributed by atoms with Crippen molar-refractivity contribution in [3.8, 4) is 17.2 Å².